The molecule has 1 unspecified atom stereocenters. The van der Waals surface area contributed by atoms with Crippen LogP contribution in [-0.2, 0) is 21.0 Å². The maximum atomic E-state index is 13.1. The van der Waals surface area contributed by atoms with Gasteiger partial charge in [-0.15, -0.1) is 0 Å². The third kappa shape index (κ3) is 4.60. The lowest BCUT2D eigenvalue weighted by Gasteiger charge is -2.34. The van der Waals surface area contributed by atoms with Gasteiger partial charge >= 0.3 is 6.18 Å². The second kappa shape index (κ2) is 8.91. The van der Waals surface area contributed by atoms with Gasteiger partial charge in [-0.05, 0) is 48.9 Å². The summed E-state index contributed by atoms with van der Waals surface area (Å²) in [6.45, 7) is 2.01. The summed E-state index contributed by atoms with van der Waals surface area (Å²) >= 11 is 0. The van der Waals surface area contributed by atoms with Crippen LogP contribution in [0.3, 0.4) is 0 Å². The average molecular weight is 497 g/mol. The Bertz CT molecular complexity index is 1210. The minimum Gasteiger partial charge on any atom is -0.478 e. The fourth-order valence-electron chi connectivity index (χ4n) is 3.82. The van der Waals surface area contributed by atoms with Crippen LogP contribution in [0.25, 0.3) is 0 Å². The predicted molar refractivity (Wildman–Crippen MR) is 116 cm³/mol. The van der Waals surface area contributed by atoms with E-state index in [0.717, 1.165) is 24.3 Å². The van der Waals surface area contributed by atoms with Gasteiger partial charge in [-0.3, -0.25) is 9.59 Å². The van der Waals surface area contributed by atoms with Gasteiger partial charge < -0.3 is 15.0 Å². The van der Waals surface area contributed by atoms with Crippen LogP contribution >= 0.6 is 0 Å². The van der Waals surface area contributed by atoms with Gasteiger partial charge in [0, 0.05) is 31.7 Å². The van der Waals surface area contributed by atoms with E-state index in [0.29, 0.717) is 12.2 Å². The number of benzene rings is 2. The zero-order valence-corrected chi connectivity index (χ0v) is 18.9. The van der Waals surface area contributed by atoms with Crippen LogP contribution < -0.4 is 10.1 Å². The van der Waals surface area contributed by atoms with Crippen molar-refractivity contribution >= 4 is 27.5 Å². The van der Waals surface area contributed by atoms with E-state index in [1.165, 1.54) is 27.4 Å². The number of fused-ring (bicyclic) bond motifs is 1. The van der Waals surface area contributed by atoms with E-state index in [9.17, 15) is 31.2 Å². The largest absolute Gasteiger partial charge is 0.478 e. The van der Waals surface area contributed by atoms with Crippen LogP contribution in [0.1, 0.15) is 29.3 Å². The molecule has 0 saturated carbocycles. The number of piperazine rings is 1. The molecule has 4 rings (SSSR count). The number of sulfonamides is 1. The van der Waals surface area contributed by atoms with E-state index in [-0.39, 0.29) is 48.2 Å². The lowest BCUT2D eigenvalue weighted by molar-refractivity contribution is -0.137. The Balaban J connectivity index is 1.43. The average Bonchev–Trinajstić information content (AvgIpc) is 2.82. The number of nitrogens with one attached hydrogen (secondary N) is 1. The molecule has 2 amide bonds. The number of rotatable bonds is 4. The maximum Gasteiger partial charge on any atom is 0.416 e. The Morgan fingerprint density at radius 3 is 2.32 bits per heavy atom. The topological polar surface area (TPSA) is 96.0 Å². The zero-order valence-electron chi connectivity index (χ0n) is 18.1. The molecule has 182 valence electrons. The van der Waals surface area contributed by atoms with Crippen LogP contribution in [-0.4, -0.2) is 61.7 Å². The van der Waals surface area contributed by atoms with E-state index < -0.39 is 33.8 Å². The summed E-state index contributed by atoms with van der Waals surface area (Å²) in [7, 11) is -3.90. The van der Waals surface area contributed by atoms with Gasteiger partial charge in [0.15, 0.2) is 6.10 Å². The summed E-state index contributed by atoms with van der Waals surface area (Å²) in [6.07, 6.45) is -4.66. The smallest absolute Gasteiger partial charge is 0.416 e. The first-order valence-electron chi connectivity index (χ1n) is 10.6. The van der Waals surface area contributed by atoms with Crippen molar-refractivity contribution in [1.29, 1.82) is 0 Å². The second-order valence-electron chi connectivity index (χ2n) is 7.93. The van der Waals surface area contributed by atoms with Crippen LogP contribution in [0, 0.1) is 0 Å². The van der Waals surface area contributed by atoms with Crippen LogP contribution in [0.15, 0.2) is 47.4 Å². The Morgan fingerprint density at radius 1 is 1.09 bits per heavy atom. The zero-order chi connectivity index (χ0) is 24.7. The summed E-state index contributed by atoms with van der Waals surface area (Å²) in [5.74, 6) is -0.429. The third-order valence-electron chi connectivity index (χ3n) is 5.76. The normalized spacial score (nSPS) is 19.2. The van der Waals surface area contributed by atoms with Crippen molar-refractivity contribution in [2.24, 2.45) is 0 Å². The Labute approximate surface area is 194 Å². The van der Waals surface area contributed by atoms with Gasteiger partial charge in [0.05, 0.1) is 16.1 Å². The molecule has 1 saturated heterocycles. The van der Waals surface area contributed by atoms with Gasteiger partial charge in [-0.1, -0.05) is 6.92 Å². The van der Waals surface area contributed by atoms with E-state index in [4.69, 9.17) is 4.74 Å². The molecule has 34 heavy (non-hydrogen) atoms. The van der Waals surface area contributed by atoms with Gasteiger partial charge in [0.25, 0.3) is 11.8 Å². The number of nitrogens with zero attached hydrogens (tertiary/aromatic N) is 2. The lowest BCUT2D eigenvalue weighted by Crippen LogP contribution is -2.50. The Hall–Kier alpha value is -3.12. The van der Waals surface area contributed by atoms with E-state index >= 15 is 0 Å². The molecular formula is C22H22F3N3O5S. The first-order chi connectivity index (χ1) is 16.0. The molecule has 2 aliphatic rings. The molecule has 2 heterocycles. The van der Waals surface area contributed by atoms with Crippen LogP contribution in [0.4, 0.5) is 18.9 Å². The number of hydrogen-bond acceptors (Lipinski definition) is 5. The monoisotopic (exact) mass is 497 g/mol. The third-order valence-corrected chi connectivity index (χ3v) is 7.66. The fraction of sp³-hybridized carbons (Fsp3) is 0.364. The van der Waals surface area contributed by atoms with Gasteiger partial charge in [-0.25, -0.2) is 8.42 Å². The van der Waals surface area contributed by atoms with Gasteiger partial charge in [0.2, 0.25) is 10.0 Å². The molecule has 1 fully saturated rings. The van der Waals surface area contributed by atoms with Crippen molar-refractivity contribution < 1.29 is 35.9 Å². The molecule has 2 aliphatic heterocycles. The fourth-order valence-corrected chi connectivity index (χ4v) is 5.27. The van der Waals surface area contributed by atoms with Gasteiger partial charge in [0.1, 0.15) is 5.75 Å². The highest BCUT2D eigenvalue weighted by molar-refractivity contribution is 7.89. The molecule has 0 aliphatic carbocycles. The first kappa shape index (κ1) is 24.0. The Morgan fingerprint density at radius 2 is 1.74 bits per heavy atom. The number of halogens is 3. The van der Waals surface area contributed by atoms with E-state index in [1.807, 2.05) is 0 Å². The molecule has 1 atom stereocenters. The van der Waals surface area contributed by atoms with Crippen LogP contribution in [0.2, 0.25) is 0 Å². The lowest BCUT2D eigenvalue weighted by atomic mass is 10.1. The van der Waals surface area contributed by atoms with Crippen LogP contribution in [0.5, 0.6) is 5.75 Å². The molecule has 0 bridgehead atoms. The molecule has 2 aromatic rings. The quantitative estimate of drug-likeness (QED) is 0.701. The minimum absolute atomic E-state index is 0.0204. The summed E-state index contributed by atoms with van der Waals surface area (Å²) < 4.78 is 71.2. The highest BCUT2D eigenvalue weighted by atomic mass is 32.2. The molecular weight excluding hydrogens is 475 g/mol. The number of anilines is 1. The van der Waals surface area contributed by atoms with Crippen molar-refractivity contribution in [2.45, 2.75) is 30.5 Å². The number of carbonyl (C=O) groups excluding carboxylic acids is 2. The molecule has 8 nitrogen and oxygen atoms in total. The summed E-state index contributed by atoms with van der Waals surface area (Å²) in [5, 5.41) is 2.66. The van der Waals surface area contributed by atoms with E-state index in [2.05, 4.69) is 5.32 Å². The minimum atomic E-state index is -4.50. The second-order valence-corrected chi connectivity index (χ2v) is 9.87. The molecule has 0 aromatic heterocycles. The summed E-state index contributed by atoms with van der Waals surface area (Å²) in [4.78, 5) is 26.1. The number of ether oxygens (including phenoxy) is 1. The van der Waals surface area contributed by atoms with Gasteiger partial charge in [-0.2, -0.15) is 17.5 Å². The molecule has 0 spiro atoms. The number of alkyl halides is 3. The SMILES string of the molecule is CCC1Oc2ccc(S(=O)(=O)N3CCN(C(=O)c4ccc(C(F)(F)F)cc4)CC3)cc2NC1=O. The van der Waals surface area contributed by atoms with Crippen molar-refractivity contribution in [3.8, 4) is 5.75 Å². The standard InChI is InChI=1S/C22H22F3N3O5S/c1-2-18-20(29)26-17-13-16(7-8-19(17)33-18)34(31,32)28-11-9-27(10-12-28)21(30)14-3-5-15(6-4-14)22(23,24)25/h3-8,13,18H,2,9-12H2,1H3,(H,26,29). The van der Waals surface area contributed by atoms with Crippen molar-refractivity contribution in [1.82, 2.24) is 9.21 Å². The number of carbonyl (C=O) groups is 2. The van der Waals surface area contributed by atoms with Crippen molar-refractivity contribution in [3.63, 3.8) is 0 Å². The number of hydrogen-bond donors (Lipinski definition) is 1. The van der Waals surface area contributed by atoms with Crippen molar-refractivity contribution in [3.05, 3.63) is 53.6 Å². The molecule has 12 heteroatoms. The first-order valence-corrected chi connectivity index (χ1v) is 12.0. The predicted octanol–water partition coefficient (Wildman–Crippen LogP) is 2.96. The summed E-state index contributed by atoms with van der Waals surface area (Å²) in [5.41, 5.74) is -0.483. The number of amides is 2. The van der Waals surface area contributed by atoms with Crippen molar-refractivity contribution in [2.75, 3.05) is 31.5 Å². The molecule has 1 N–H and O–H groups in total. The highest BCUT2D eigenvalue weighted by Gasteiger charge is 2.34. The Kier molecular flexibility index (Phi) is 6.30. The highest BCUT2D eigenvalue weighted by Crippen LogP contribution is 2.34. The molecule has 0 radical (unpaired) electrons. The summed E-state index contributed by atoms with van der Waals surface area (Å²) in [6, 6.07) is 8.15. The molecule has 2 aromatic carbocycles. The maximum absolute atomic E-state index is 13.1. The van der Waals surface area contributed by atoms with E-state index in [1.54, 1.807) is 6.92 Å².